The van der Waals surface area contributed by atoms with Gasteiger partial charge in [0.05, 0.1) is 23.0 Å². The molecule has 3 aromatic rings. The molecular weight excluding hydrogens is 509 g/mol. The number of carboxylic acids is 1. The van der Waals surface area contributed by atoms with Crippen LogP contribution in [0.15, 0.2) is 29.0 Å². The predicted molar refractivity (Wildman–Crippen MR) is 128 cm³/mol. The number of nitrogen functional groups attached to an aromatic ring is 1. The molecule has 0 bridgehead atoms. The number of nitrogens with two attached hydrogens (primary N) is 1. The first-order valence-corrected chi connectivity index (χ1v) is 12.0. The average Bonchev–Trinajstić information content (AvgIpc) is 3.28. The summed E-state index contributed by atoms with van der Waals surface area (Å²) in [5.74, 6) is -0.870. The number of nitrogens with zero attached hydrogens (tertiary/aromatic N) is 4. The van der Waals surface area contributed by atoms with Crippen LogP contribution in [-0.4, -0.2) is 57.2 Å². The summed E-state index contributed by atoms with van der Waals surface area (Å²) < 4.78 is 26.8. The average molecular weight is 536 g/mol. The van der Waals surface area contributed by atoms with Crippen LogP contribution in [-0.2, 0) is 9.53 Å². The molecule has 0 aromatic carbocycles. The molecule has 1 fully saturated rings. The van der Waals surface area contributed by atoms with Gasteiger partial charge < -0.3 is 20.3 Å². The van der Waals surface area contributed by atoms with Gasteiger partial charge >= 0.3 is 5.97 Å². The molecule has 11 heteroatoms. The number of hydrogen-bond donors (Lipinski definition) is 2. The van der Waals surface area contributed by atoms with Crippen molar-refractivity contribution in [2.75, 3.05) is 26.1 Å². The van der Waals surface area contributed by atoms with Crippen LogP contribution in [0.2, 0.25) is 0 Å². The molecule has 0 radical (unpaired) electrons. The maximum Gasteiger partial charge on any atom is 0.338 e. The van der Waals surface area contributed by atoms with Gasteiger partial charge in [-0.3, -0.25) is 0 Å². The Kier molecular flexibility index (Phi) is 7.62. The summed E-state index contributed by atoms with van der Waals surface area (Å²) in [6.07, 6.45) is 4.60. The lowest BCUT2D eigenvalue weighted by Crippen LogP contribution is -2.28. The number of carboxylic acid groups (broad SMARTS) is 1. The first kappa shape index (κ1) is 24.3. The molecule has 4 rings (SSSR count). The molecule has 0 amide bonds. The number of ether oxygens (including phenoxy) is 2. The molecule has 3 aromatic heterocycles. The van der Waals surface area contributed by atoms with Crippen molar-refractivity contribution in [1.29, 1.82) is 0 Å². The fourth-order valence-corrected chi connectivity index (χ4v) is 4.96. The topological polar surface area (TPSA) is 125 Å². The van der Waals surface area contributed by atoms with Crippen LogP contribution in [0.1, 0.15) is 43.7 Å². The smallest absolute Gasteiger partial charge is 0.338 e. The second kappa shape index (κ2) is 10.6. The summed E-state index contributed by atoms with van der Waals surface area (Å²) in [5, 5.41) is 13.4. The van der Waals surface area contributed by atoms with E-state index in [0.29, 0.717) is 60.7 Å². The van der Waals surface area contributed by atoms with Crippen molar-refractivity contribution in [1.82, 2.24) is 19.6 Å². The van der Waals surface area contributed by atoms with Crippen molar-refractivity contribution in [3.05, 3.63) is 34.7 Å². The lowest BCUT2D eigenvalue weighted by molar-refractivity contribution is -0.145. The van der Waals surface area contributed by atoms with Gasteiger partial charge in [-0.05, 0) is 47.7 Å². The van der Waals surface area contributed by atoms with E-state index in [9.17, 15) is 9.18 Å². The third-order valence-corrected chi connectivity index (χ3v) is 7.06. The number of anilines is 1. The van der Waals surface area contributed by atoms with Gasteiger partial charge in [0, 0.05) is 55.4 Å². The van der Waals surface area contributed by atoms with Gasteiger partial charge in [-0.15, -0.1) is 0 Å². The number of hydrogen-bond acceptors (Lipinski definition) is 7. The zero-order valence-corrected chi connectivity index (χ0v) is 20.4. The van der Waals surface area contributed by atoms with Gasteiger partial charge in [-0.2, -0.15) is 9.61 Å². The Bertz CT molecular complexity index is 1150. The molecule has 34 heavy (non-hydrogen) atoms. The standard InChI is InChI=1S/C23H27BrFN5O4/c1-33-9-2-10-34-17-8-7-15(11-27-17)16-12-28-30-21(26)18(24)20(29-22(16)30)14-5-3-13(4-6-14)19(25)23(31)32/h7-8,11-14,19H,2-6,9-10,26H2,1H3,(H,31,32). The molecule has 0 spiro atoms. The fourth-order valence-electron chi connectivity index (χ4n) is 4.38. The van der Waals surface area contributed by atoms with Gasteiger partial charge in [0.2, 0.25) is 5.88 Å². The summed E-state index contributed by atoms with van der Waals surface area (Å²) in [6, 6.07) is 3.69. The Balaban J connectivity index is 1.56. The van der Waals surface area contributed by atoms with E-state index in [0.717, 1.165) is 23.2 Å². The number of aromatic nitrogens is 4. The van der Waals surface area contributed by atoms with Crippen molar-refractivity contribution in [3.63, 3.8) is 0 Å². The van der Waals surface area contributed by atoms with Crippen molar-refractivity contribution in [2.24, 2.45) is 5.92 Å². The lowest BCUT2D eigenvalue weighted by atomic mass is 9.78. The number of alkyl halides is 1. The SMILES string of the molecule is COCCCOc1ccc(-c2cnn3c(N)c(Br)c(C4CCC(C(F)C(=O)O)CC4)nc23)cn1. The van der Waals surface area contributed by atoms with E-state index < -0.39 is 18.1 Å². The number of fused-ring (bicyclic) bond motifs is 1. The normalized spacial score (nSPS) is 19.3. The maximum atomic E-state index is 13.9. The molecule has 1 saturated carbocycles. The zero-order chi connectivity index (χ0) is 24.2. The minimum absolute atomic E-state index is 0.0441. The van der Waals surface area contributed by atoms with Crippen LogP contribution in [0.25, 0.3) is 16.8 Å². The van der Waals surface area contributed by atoms with Crippen LogP contribution in [0, 0.1) is 5.92 Å². The molecule has 1 aliphatic rings. The van der Waals surface area contributed by atoms with Crippen LogP contribution in [0.4, 0.5) is 10.2 Å². The van der Waals surface area contributed by atoms with Gasteiger partial charge in [0.15, 0.2) is 11.8 Å². The summed E-state index contributed by atoms with van der Waals surface area (Å²) in [5.41, 5.74) is 9.35. The van der Waals surface area contributed by atoms with E-state index in [-0.39, 0.29) is 5.92 Å². The van der Waals surface area contributed by atoms with Crippen molar-refractivity contribution in [3.8, 4) is 17.0 Å². The lowest BCUT2D eigenvalue weighted by Gasteiger charge is -2.29. The Hall–Kier alpha value is -2.79. The summed E-state index contributed by atoms with van der Waals surface area (Å²) >= 11 is 3.56. The minimum Gasteiger partial charge on any atom is -0.479 e. The molecule has 182 valence electrons. The highest BCUT2D eigenvalue weighted by atomic mass is 79.9. The second-order valence-corrected chi connectivity index (χ2v) is 9.21. The first-order valence-electron chi connectivity index (χ1n) is 11.2. The van der Waals surface area contributed by atoms with Crippen LogP contribution in [0.3, 0.4) is 0 Å². The van der Waals surface area contributed by atoms with E-state index in [1.165, 1.54) is 0 Å². The van der Waals surface area contributed by atoms with Gasteiger partial charge in [0.1, 0.15) is 5.82 Å². The zero-order valence-electron chi connectivity index (χ0n) is 18.8. The molecule has 0 saturated heterocycles. The number of pyridine rings is 1. The van der Waals surface area contributed by atoms with Crippen molar-refractivity contribution >= 4 is 33.4 Å². The molecular formula is C23H27BrFN5O4. The molecule has 1 atom stereocenters. The monoisotopic (exact) mass is 535 g/mol. The first-order chi connectivity index (χ1) is 16.4. The Morgan fingerprint density at radius 1 is 1.29 bits per heavy atom. The summed E-state index contributed by atoms with van der Waals surface area (Å²) in [7, 11) is 1.65. The van der Waals surface area contributed by atoms with Gasteiger partial charge in [-0.25, -0.2) is 19.2 Å². The summed E-state index contributed by atoms with van der Waals surface area (Å²) in [6.45, 7) is 1.14. The molecule has 0 aliphatic heterocycles. The second-order valence-electron chi connectivity index (χ2n) is 8.42. The molecule has 1 unspecified atom stereocenters. The predicted octanol–water partition coefficient (Wildman–Crippen LogP) is 4.25. The van der Waals surface area contributed by atoms with E-state index in [2.05, 4.69) is 26.0 Å². The molecule has 3 heterocycles. The van der Waals surface area contributed by atoms with E-state index in [4.69, 9.17) is 25.3 Å². The third kappa shape index (κ3) is 5.00. The minimum atomic E-state index is -1.83. The molecule has 9 nitrogen and oxygen atoms in total. The Morgan fingerprint density at radius 3 is 2.71 bits per heavy atom. The van der Waals surface area contributed by atoms with Crippen molar-refractivity contribution < 1.29 is 23.8 Å². The number of aliphatic carboxylic acids is 1. The van der Waals surface area contributed by atoms with E-state index in [1.807, 2.05) is 6.07 Å². The third-order valence-electron chi connectivity index (χ3n) is 6.25. The van der Waals surface area contributed by atoms with Crippen LogP contribution < -0.4 is 10.5 Å². The summed E-state index contributed by atoms with van der Waals surface area (Å²) in [4.78, 5) is 20.3. The fraction of sp³-hybridized carbons (Fsp3) is 0.478. The number of halogens is 2. The maximum absolute atomic E-state index is 13.9. The van der Waals surface area contributed by atoms with E-state index in [1.54, 1.807) is 30.1 Å². The quantitative estimate of drug-likeness (QED) is 0.389. The highest BCUT2D eigenvalue weighted by Gasteiger charge is 2.34. The van der Waals surface area contributed by atoms with E-state index >= 15 is 0 Å². The largest absolute Gasteiger partial charge is 0.479 e. The van der Waals surface area contributed by atoms with Gasteiger partial charge in [-0.1, -0.05) is 0 Å². The molecule has 1 aliphatic carbocycles. The van der Waals surface area contributed by atoms with Gasteiger partial charge in [0.25, 0.3) is 0 Å². The van der Waals surface area contributed by atoms with Crippen LogP contribution >= 0.6 is 15.9 Å². The van der Waals surface area contributed by atoms with Crippen LogP contribution in [0.5, 0.6) is 5.88 Å². The highest BCUT2D eigenvalue weighted by molar-refractivity contribution is 9.10. The number of methoxy groups -OCH3 is 1. The number of rotatable bonds is 9. The number of carbonyl (C=O) groups is 1. The Labute approximate surface area is 204 Å². The molecule has 3 N–H and O–H groups in total. The van der Waals surface area contributed by atoms with Crippen molar-refractivity contribution in [2.45, 2.75) is 44.2 Å². The Morgan fingerprint density at radius 2 is 2.06 bits per heavy atom. The highest BCUT2D eigenvalue weighted by Crippen LogP contribution is 2.41.